The van der Waals surface area contributed by atoms with E-state index in [2.05, 4.69) is 5.32 Å². The lowest BCUT2D eigenvalue weighted by Crippen LogP contribution is -2.31. The van der Waals surface area contributed by atoms with Crippen molar-refractivity contribution in [2.24, 2.45) is 11.8 Å². The molecule has 0 heterocycles. The summed E-state index contributed by atoms with van der Waals surface area (Å²) >= 11 is 0. The molecule has 0 saturated carbocycles. The third kappa shape index (κ3) is 4.06. The first-order valence-corrected chi connectivity index (χ1v) is 4.82. The summed E-state index contributed by atoms with van der Waals surface area (Å²) in [7, 11) is 0. The molecule has 0 aliphatic rings. The average Bonchev–Trinajstić information content (AvgIpc) is 2.14. The molecule has 2 amide bonds. The Bertz CT molecular complexity index is 169. The van der Waals surface area contributed by atoms with Gasteiger partial charge in [-0.1, -0.05) is 27.7 Å². The number of amides is 2. The number of imide groups is 1. The van der Waals surface area contributed by atoms with Crippen LogP contribution in [0.1, 0.15) is 40.5 Å². The molecule has 0 aromatic carbocycles. The van der Waals surface area contributed by atoms with Crippen LogP contribution in [-0.2, 0) is 9.59 Å². The summed E-state index contributed by atoms with van der Waals surface area (Å²) in [6.07, 6.45) is 1.46. The van der Waals surface area contributed by atoms with Gasteiger partial charge in [-0.25, -0.2) is 0 Å². The molecular formula is C10H18NO2. The topological polar surface area (TPSA) is 48.2 Å². The molecule has 0 N–H and O–H groups in total. The normalized spacial score (nSPS) is 14.8. The van der Waals surface area contributed by atoms with Gasteiger partial charge in [0.05, 0.1) is 0 Å². The molecule has 0 bridgehead atoms. The zero-order valence-corrected chi connectivity index (χ0v) is 8.83. The van der Waals surface area contributed by atoms with E-state index < -0.39 is 0 Å². The number of carbonyl (C=O) groups is 2. The third-order valence-electron chi connectivity index (χ3n) is 2.29. The summed E-state index contributed by atoms with van der Waals surface area (Å²) in [6.45, 7) is 7.39. The minimum atomic E-state index is -0.284. The zero-order chi connectivity index (χ0) is 10.4. The van der Waals surface area contributed by atoms with Gasteiger partial charge in [-0.3, -0.25) is 9.59 Å². The lowest BCUT2D eigenvalue weighted by atomic mass is 10.1. The highest BCUT2D eigenvalue weighted by molar-refractivity contribution is 5.96. The van der Waals surface area contributed by atoms with Crippen LogP contribution in [0.5, 0.6) is 0 Å². The molecule has 0 saturated heterocycles. The molecule has 1 radical (unpaired) electrons. The molecule has 13 heavy (non-hydrogen) atoms. The monoisotopic (exact) mass is 184 g/mol. The molecule has 2 unspecified atom stereocenters. The second-order valence-corrected chi connectivity index (χ2v) is 3.41. The largest absolute Gasteiger partial charge is 0.272 e. The van der Waals surface area contributed by atoms with Crippen molar-refractivity contribution in [1.29, 1.82) is 0 Å². The van der Waals surface area contributed by atoms with Crippen molar-refractivity contribution in [2.75, 3.05) is 0 Å². The smallest absolute Gasteiger partial charge is 0.251 e. The third-order valence-corrected chi connectivity index (χ3v) is 2.29. The van der Waals surface area contributed by atoms with E-state index >= 15 is 0 Å². The van der Waals surface area contributed by atoms with Crippen molar-refractivity contribution in [3.05, 3.63) is 0 Å². The van der Waals surface area contributed by atoms with E-state index in [0.717, 1.165) is 12.8 Å². The zero-order valence-electron chi connectivity index (χ0n) is 8.83. The van der Waals surface area contributed by atoms with Gasteiger partial charge in [-0.15, -0.1) is 0 Å². The molecule has 3 heteroatoms. The molecule has 0 rings (SSSR count). The first-order valence-electron chi connectivity index (χ1n) is 4.82. The van der Waals surface area contributed by atoms with E-state index in [4.69, 9.17) is 0 Å². The van der Waals surface area contributed by atoms with Gasteiger partial charge in [0.15, 0.2) is 0 Å². The van der Waals surface area contributed by atoms with Gasteiger partial charge in [0, 0.05) is 11.8 Å². The van der Waals surface area contributed by atoms with Crippen molar-refractivity contribution in [2.45, 2.75) is 40.5 Å². The standard InChI is InChI=1S/C10H18NO2/c1-5-7(3)9(12)11-10(13)8(4)6-2/h7-8H,5-6H2,1-4H3. The second kappa shape index (κ2) is 5.73. The van der Waals surface area contributed by atoms with Crippen molar-refractivity contribution >= 4 is 11.8 Å². The van der Waals surface area contributed by atoms with Gasteiger partial charge >= 0.3 is 0 Å². The number of nitrogens with zero attached hydrogens (tertiary/aromatic N) is 1. The molecule has 0 aromatic heterocycles. The van der Waals surface area contributed by atoms with E-state index in [0.29, 0.717) is 0 Å². The molecule has 0 aliphatic carbocycles. The molecular weight excluding hydrogens is 166 g/mol. The Kier molecular flexibility index (Phi) is 5.35. The summed E-state index contributed by atoms with van der Waals surface area (Å²) in [4.78, 5) is 22.4. The molecule has 0 aromatic rings. The van der Waals surface area contributed by atoms with Gasteiger partial charge < -0.3 is 0 Å². The summed E-state index contributed by atoms with van der Waals surface area (Å²) in [5.41, 5.74) is 0. The quantitative estimate of drug-likeness (QED) is 0.668. The van der Waals surface area contributed by atoms with Crippen LogP contribution in [0.4, 0.5) is 0 Å². The van der Waals surface area contributed by atoms with Crippen LogP contribution in [0.2, 0.25) is 0 Å². The van der Waals surface area contributed by atoms with Crippen LogP contribution < -0.4 is 5.32 Å². The van der Waals surface area contributed by atoms with Crippen molar-refractivity contribution in [1.82, 2.24) is 5.32 Å². The summed E-state index contributed by atoms with van der Waals surface area (Å²) < 4.78 is 0. The minimum Gasteiger partial charge on any atom is -0.272 e. The fourth-order valence-corrected chi connectivity index (χ4v) is 0.678. The highest BCUT2D eigenvalue weighted by Gasteiger charge is 2.19. The highest BCUT2D eigenvalue weighted by atomic mass is 16.2. The fourth-order valence-electron chi connectivity index (χ4n) is 0.678. The first-order chi connectivity index (χ1) is 6.02. The highest BCUT2D eigenvalue weighted by Crippen LogP contribution is 2.04. The summed E-state index contributed by atoms with van der Waals surface area (Å²) in [5, 5.41) is 3.54. The summed E-state index contributed by atoms with van der Waals surface area (Å²) in [6, 6.07) is 0. The van der Waals surface area contributed by atoms with E-state index in [1.807, 2.05) is 13.8 Å². The van der Waals surface area contributed by atoms with Crippen LogP contribution in [0, 0.1) is 11.8 Å². The maximum Gasteiger partial charge on any atom is 0.251 e. The van der Waals surface area contributed by atoms with Crippen molar-refractivity contribution in [3.8, 4) is 0 Å². The second-order valence-electron chi connectivity index (χ2n) is 3.41. The lowest BCUT2D eigenvalue weighted by Gasteiger charge is -2.09. The Balaban J connectivity index is 3.99. The van der Waals surface area contributed by atoms with Crippen molar-refractivity contribution in [3.63, 3.8) is 0 Å². The Morgan fingerprint density at radius 1 is 1.00 bits per heavy atom. The molecule has 75 valence electrons. The molecule has 0 fully saturated rings. The van der Waals surface area contributed by atoms with Crippen LogP contribution >= 0.6 is 0 Å². The van der Waals surface area contributed by atoms with Crippen molar-refractivity contribution < 1.29 is 9.59 Å². The molecule has 2 atom stereocenters. The van der Waals surface area contributed by atoms with E-state index in [-0.39, 0.29) is 23.7 Å². The van der Waals surface area contributed by atoms with Crippen LogP contribution in [0.3, 0.4) is 0 Å². The predicted molar refractivity (Wildman–Crippen MR) is 51.1 cm³/mol. The maximum atomic E-state index is 11.2. The van der Waals surface area contributed by atoms with Gasteiger partial charge in [0.1, 0.15) is 0 Å². The van der Waals surface area contributed by atoms with E-state index in [9.17, 15) is 9.59 Å². The van der Waals surface area contributed by atoms with E-state index in [1.54, 1.807) is 13.8 Å². The van der Waals surface area contributed by atoms with Crippen LogP contribution in [0.25, 0.3) is 0 Å². The molecule has 3 nitrogen and oxygen atoms in total. The number of hydrogen-bond donors (Lipinski definition) is 0. The number of hydrogen-bond acceptors (Lipinski definition) is 2. The average molecular weight is 184 g/mol. The minimum absolute atomic E-state index is 0.131. The maximum absolute atomic E-state index is 11.2. The Labute approximate surface area is 79.9 Å². The summed E-state index contributed by atoms with van der Waals surface area (Å²) in [5.74, 6) is -0.832. The van der Waals surface area contributed by atoms with Gasteiger partial charge in [-0.05, 0) is 12.8 Å². The predicted octanol–water partition coefficient (Wildman–Crippen LogP) is 1.74. The Hall–Kier alpha value is -0.860. The Morgan fingerprint density at radius 2 is 1.31 bits per heavy atom. The number of carbonyl (C=O) groups excluding carboxylic acids is 2. The number of rotatable bonds is 4. The lowest BCUT2D eigenvalue weighted by molar-refractivity contribution is -0.134. The van der Waals surface area contributed by atoms with E-state index in [1.165, 1.54) is 0 Å². The fraction of sp³-hybridized carbons (Fsp3) is 0.800. The van der Waals surface area contributed by atoms with Gasteiger partial charge in [0.2, 0.25) is 0 Å². The van der Waals surface area contributed by atoms with Crippen LogP contribution in [0.15, 0.2) is 0 Å². The SMILES string of the molecule is CCC(C)C(=O)[N]C(=O)C(C)CC. The first kappa shape index (κ1) is 12.1. The Morgan fingerprint density at radius 3 is 1.54 bits per heavy atom. The van der Waals surface area contributed by atoms with Crippen LogP contribution in [-0.4, -0.2) is 11.8 Å². The molecule has 0 aliphatic heterocycles. The van der Waals surface area contributed by atoms with Gasteiger partial charge in [-0.2, -0.15) is 5.32 Å². The van der Waals surface area contributed by atoms with Gasteiger partial charge in [0.25, 0.3) is 11.8 Å². The molecule has 0 spiro atoms.